The van der Waals surface area contributed by atoms with E-state index in [0.717, 1.165) is 38.0 Å². The molecule has 1 saturated carbocycles. The smallest absolute Gasteiger partial charge is 0.348 e. The number of ether oxygens (including phenoxy) is 2. The van der Waals surface area contributed by atoms with E-state index in [9.17, 15) is 19.7 Å². The monoisotopic (exact) mass is 477 g/mol. The molecule has 2 aromatic rings. The minimum atomic E-state index is -1.17. The average molecular weight is 478 g/mol. The van der Waals surface area contributed by atoms with Gasteiger partial charge in [0, 0.05) is 50.8 Å². The van der Waals surface area contributed by atoms with Crippen molar-refractivity contribution in [3.63, 3.8) is 0 Å². The quantitative estimate of drug-likeness (QED) is 0.214. The van der Waals surface area contributed by atoms with Crippen LogP contribution in [0.5, 0.6) is 0 Å². The van der Waals surface area contributed by atoms with Crippen LogP contribution in [0.2, 0.25) is 0 Å². The summed E-state index contributed by atoms with van der Waals surface area (Å²) in [5.74, 6) is -2.65. The van der Waals surface area contributed by atoms with Crippen molar-refractivity contribution < 1.29 is 24.0 Å². The van der Waals surface area contributed by atoms with E-state index in [1.54, 1.807) is 12.1 Å². The van der Waals surface area contributed by atoms with E-state index in [0.29, 0.717) is 37.2 Å². The second-order valence-corrected chi connectivity index (χ2v) is 9.12. The average Bonchev–Trinajstić information content (AvgIpc) is 2.87. The van der Waals surface area contributed by atoms with Crippen LogP contribution < -0.4 is 9.80 Å². The van der Waals surface area contributed by atoms with Crippen LogP contribution in [-0.2, 0) is 19.1 Å². The molecule has 0 atom stereocenters. The van der Waals surface area contributed by atoms with E-state index < -0.39 is 22.6 Å². The van der Waals surface area contributed by atoms with Crippen LogP contribution in [0.15, 0.2) is 54.1 Å². The van der Waals surface area contributed by atoms with Crippen molar-refractivity contribution in [2.75, 3.05) is 36.0 Å². The SMILES string of the molecule is O=C1OC2(CCCCC2)OC(=O)C1=Cc1ccc(N2CCN(c3ccccc3)CC2)c([N+](=O)[O-])c1. The zero-order valence-electron chi connectivity index (χ0n) is 19.4. The summed E-state index contributed by atoms with van der Waals surface area (Å²) in [4.78, 5) is 40.9. The lowest BCUT2D eigenvalue weighted by Gasteiger charge is -2.38. The maximum absolute atomic E-state index is 12.6. The van der Waals surface area contributed by atoms with Crippen LogP contribution in [0, 0.1) is 10.1 Å². The van der Waals surface area contributed by atoms with Gasteiger partial charge in [0.2, 0.25) is 0 Å². The number of carbonyl (C=O) groups excluding carboxylic acids is 2. The van der Waals surface area contributed by atoms with Gasteiger partial charge in [-0.3, -0.25) is 10.1 Å². The lowest BCUT2D eigenvalue weighted by Crippen LogP contribution is -2.47. The summed E-state index contributed by atoms with van der Waals surface area (Å²) in [5.41, 5.74) is 1.69. The Morgan fingerprint density at radius 3 is 2.11 bits per heavy atom. The molecule has 9 heteroatoms. The van der Waals surface area contributed by atoms with Gasteiger partial charge in [0.05, 0.1) is 4.92 Å². The molecule has 0 N–H and O–H groups in total. The van der Waals surface area contributed by atoms with Gasteiger partial charge in [0.1, 0.15) is 11.3 Å². The third kappa shape index (κ3) is 4.71. The first-order chi connectivity index (χ1) is 16.9. The Bertz CT molecular complexity index is 1140. The highest BCUT2D eigenvalue weighted by Gasteiger charge is 2.46. The number of nitrogens with zero attached hydrogens (tertiary/aromatic N) is 3. The number of nitro benzene ring substituents is 1. The van der Waals surface area contributed by atoms with Gasteiger partial charge in [0.15, 0.2) is 0 Å². The second kappa shape index (κ2) is 9.40. The first-order valence-corrected chi connectivity index (χ1v) is 12.0. The van der Waals surface area contributed by atoms with Crippen molar-refractivity contribution in [1.29, 1.82) is 0 Å². The molecule has 3 fully saturated rings. The molecule has 0 aromatic heterocycles. The summed E-state index contributed by atoms with van der Waals surface area (Å²) in [6, 6.07) is 14.8. The normalized spacial score (nSPS) is 19.8. The largest absolute Gasteiger partial charge is 0.419 e. The highest BCUT2D eigenvalue weighted by atomic mass is 16.7. The maximum atomic E-state index is 12.6. The van der Waals surface area contributed by atoms with Crippen molar-refractivity contribution in [1.82, 2.24) is 0 Å². The van der Waals surface area contributed by atoms with Crippen LogP contribution in [0.1, 0.15) is 37.7 Å². The van der Waals surface area contributed by atoms with E-state index in [1.165, 1.54) is 12.1 Å². The fourth-order valence-corrected chi connectivity index (χ4v) is 5.02. The Kier molecular flexibility index (Phi) is 6.15. The number of carbonyl (C=O) groups is 2. The molecule has 0 unspecified atom stereocenters. The Balaban J connectivity index is 1.34. The van der Waals surface area contributed by atoms with Crippen molar-refractivity contribution >= 4 is 35.1 Å². The predicted molar refractivity (Wildman–Crippen MR) is 130 cm³/mol. The summed E-state index contributed by atoms with van der Waals surface area (Å²) in [5, 5.41) is 11.9. The molecule has 0 bridgehead atoms. The molecule has 2 aromatic carbocycles. The van der Waals surface area contributed by atoms with Gasteiger partial charge >= 0.3 is 11.9 Å². The molecule has 3 aliphatic rings. The Hall–Kier alpha value is -3.88. The van der Waals surface area contributed by atoms with Crippen molar-refractivity contribution in [2.24, 2.45) is 0 Å². The highest BCUT2D eigenvalue weighted by Crippen LogP contribution is 2.38. The first-order valence-electron chi connectivity index (χ1n) is 12.0. The summed E-state index contributed by atoms with van der Waals surface area (Å²) < 4.78 is 11.0. The number of hydrogen-bond donors (Lipinski definition) is 0. The zero-order chi connectivity index (χ0) is 24.4. The molecule has 2 aliphatic heterocycles. The Morgan fingerprint density at radius 1 is 0.857 bits per heavy atom. The van der Waals surface area contributed by atoms with E-state index in [1.807, 2.05) is 23.1 Å². The van der Waals surface area contributed by atoms with Crippen LogP contribution in [0.4, 0.5) is 17.1 Å². The molecule has 9 nitrogen and oxygen atoms in total. The molecule has 35 heavy (non-hydrogen) atoms. The number of esters is 2. The molecule has 2 saturated heterocycles. The van der Waals surface area contributed by atoms with Gasteiger partial charge in [-0.2, -0.15) is 0 Å². The molecular weight excluding hydrogens is 450 g/mol. The van der Waals surface area contributed by atoms with Gasteiger partial charge in [-0.15, -0.1) is 0 Å². The standard InChI is InChI=1S/C26H27N3O6/c30-24-21(25(31)35-26(34-24)11-5-2-6-12-26)17-19-9-10-22(23(18-19)29(32)33)28-15-13-27(14-16-28)20-7-3-1-4-8-20/h1,3-4,7-10,17-18H,2,5-6,11-16H2. The van der Waals surface area contributed by atoms with Crippen molar-refractivity contribution in [3.05, 3.63) is 69.8 Å². The molecule has 2 heterocycles. The second-order valence-electron chi connectivity index (χ2n) is 9.12. The summed E-state index contributed by atoms with van der Waals surface area (Å²) >= 11 is 0. The van der Waals surface area contributed by atoms with E-state index in [-0.39, 0.29) is 11.3 Å². The molecule has 0 radical (unpaired) electrons. The van der Waals surface area contributed by atoms with Crippen LogP contribution in [0.25, 0.3) is 6.08 Å². The minimum Gasteiger partial charge on any atom is -0.419 e. The van der Waals surface area contributed by atoms with Gasteiger partial charge in [-0.1, -0.05) is 30.7 Å². The molecule has 0 amide bonds. The summed E-state index contributed by atoms with van der Waals surface area (Å²) in [7, 11) is 0. The lowest BCUT2D eigenvalue weighted by molar-refractivity contribution is -0.384. The fraction of sp³-hybridized carbons (Fsp3) is 0.385. The Labute approximate surface area is 203 Å². The number of para-hydroxylation sites is 1. The maximum Gasteiger partial charge on any atom is 0.348 e. The van der Waals surface area contributed by atoms with Gasteiger partial charge in [0.25, 0.3) is 11.5 Å². The number of piperazine rings is 1. The van der Waals surface area contributed by atoms with E-state index in [2.05, 4.69) is 17.0 Å². The predicted octanol–water partition coefficient (Wildman–Crippen LogP) is 4.07. The van der Waals surface area contributed by atoms with Gasteiger partial charge < -0.3 is 19.3 Å². The fourth-order valence-electron chi connectivity index (χ4n) is 5.02. The molecule has 5 rings (SSSR count). The number of rotatable bonds is 4. The molecular formula is C26H27N3O6. The van der Waals surface area contributed by atoms with Gasteiger partial charge in [-0.25, -0.2) is 9.59 Å². The van der Waals surface area contributed by atoms with E-state index >= 15 is 0 Å². The third-order valence-electron chi connectivity index (χ3n) is 6.86. The van der Waals surface area contributed by atoms with Crippen molar-refractivity contribution in [2.45, 2.75) is 37.9 Å². The van der Waals surface area contributed by atoms with E-state index in [4.69, 9.17) is 9.47 Å². The molecule has 1 spiro atoms. The first kappa shape index (κ1) is 22.9. The van der Waals surface area contributed by atoms with Crippen LogP contribution in [-0.4, -0.2) is 48.8 Å². The Morgan fingerprint density at radius 2 is 1.49 bits per heavy atom. The number of benzene rings is 2. The zero-order valence-corrected chi connectivity index (χ0v) is 19.4. The van der Waals surface area contributed by atoms with Crippen molar-refractivity contribution in [3.8, 4) is 0 Å². The summed E-state index contributed by atoms with van der Waals surface area (Å²) in [6.07, 6.45) is 4.96. The molecule has 1 aliphatic carbocycles. The van der Waals surface area contributed by atoms with Gasteiger partial charge in [-0.05, 0) is 42.7 Å². The number of anilines is 2. The van der Waals surface area contributed by atoms with Crippen LogP contribution >= 0.6 is 0 Å². The third-order valence-corrected chi connectivity index (χ3v) is 6.86. The number of nitro groups is 1. The van der Waals surface area contributed by atoms with Crippen LogP contribution in [0.3, 0.4) is 0 Å². The lowest BCUT2D eigenvalue weighted by atomic mass is 9.93. The molecule has 182 valence electrons. The highest BCUT2D eigenvalue weighted by molar-refractivity contribution is 6.19. The number of hydrogen-bond acceptors (Lipinski definition) is 8. The summed E-state index contributed by atoms with van der Waals surface area (Å²) in [6.45, 7) is 2.76. The topological polar surface area (TPSA) is 102 Å². The minimum absolute atomic E-state index is 0.0752.